The summed E-state index contributed by atoms with van der Waals surface area (Å²) >= 11 is 4.07. The van der Waals surface area contributed by atoms with Crippen molar-refractivity contribution in [2.75, 3.05) is 23.9 Å². The summed E-state index contributed by atoms with van der Waals surface area (Å²) in [5.41, 5.74) is 2.66. The molecule has 0 radical (unpaired) electrons. The molecule has 1 N–H and O–H groups in total. The quantitative estimate of drug-likeness (QED) is 0.906. The molecule has 2 aliphatic rings. The van der Waals surface area contributed by atoms with E-state index in [4.69, 9.17) is 9.97 Å². The van der Waals surface area contributed by atoms with E-state index in [-0.39, 0.29) is 0 Å². The summed E-state index contributed by atoms with van der Waals surface area (Å²) in [6, 6.07) is 0. The molecule has 0 amide bonds. The number of hydrogen-bond acceptors (Lipinski definition) is 5. The lowest BCUT2D eigenvalue weighted by molar-refractivity contribution is 0.652. The Hall–Kier alpha value is -0.420. The maximum atomic E-state index is 4.91. The fraction of sp³-hybridized carbons (Fsp3) is 0.714. The fourth-order valence-corrected chi connectivity index (χ4v) is 5.55. The van der Waals surface area contributed by atoms with Gasteiger partial charge in [0.1, 0.15) is 11.6 Å². The minimum atomic E-state index is 0.457. The van der Waals surface area contributed by atoms with Crippen molar-refractivity contribution in [3.05, 3.63) is 17.1 Å². The third kappa shape index (κ3) is 2.72. The minimum Gasteiger partial charge on any atom is -0.373 e. The lowest BCUT2D eigenvalue weighted by Gasteiger charge is -2.28. The smallest absolute Gasteiger partial charge is 0.145 e. The summed E-state index contributed by atoms with van der Waals surface area (Å²) in [5, 5.41) is 4.35. The third-order valence-electron chi connectivity index (χ3n) is 3.88. The van der Waals surface area contributed by atoms with Crippen LogP contribution in [0.1, 0.15) is 42.1 Å². The van der Waals surface area contributed by atoms with Crippen LogP contribution in [-0.4, -0.2) is 33.8 Å². The standard InChI is InChI=1S/C14H21N3S2/c1-9-12(19-8-7-18-9)14-16-11-6-4-3-5-10(11)13(15-2)17-14/h9,12H,3-8H2,1-2H3,(H,15,16,17). The van der Waals surface area contributed by atoms with Crippen molar-refractivity contribution in [2.45, 2.75) is 43.1 Å². The van der Waals surface area contributed by atoms with Gasteiger partial charge in [-0.15, -0.1) is 11.8 Å². The summed E-state index contributed by atoms with van der Waals surface area (Å²) in [5.74, 6) is 4.60. The molecular formula is C14H21N3S2. The van der Waals surface area contributed by atoms with Gasteiger partial charge in [-0.3, -0.25) is 0 Å². The monoisotopic (exact) mass is 295 g/mol. The molecule has 1 fully saturated rings. The van der Waals surface area contributed by atoms with Gasteiger partial charge in [-0.1, -0.05) is 6.92 Å². The van der Waals surface area contributed by atoms with E-state index in [1.807, 2.05) is 18.8 Å². The largest absolute Gasteiger partial charge is 0.373 e. The SMILES string of the molecule is CNc1nc(C2SCCSC2C)nc2c1CCCC2. The molecule has 0 spiro atoms. The van der Waals surface area contributed by atoms with Crippen LogP contribution in [-0.2, 0) is 12.8 Å². The van der Waals surface area contributed by atoms with Gasteiger partial charge in [-0.25, -0.2) is 9.97 Å². The number of hydrogen-bond donors (Lipinski definition) is 1. The molecule has 2 unspecified atom stereocenters. The van der Waals surface area contributed by atoms with E-state index in [0.717, 1.165) is 24.5 Å². The minimum absolute atomic E-state index is 0.457. The molecule has 1 aliphatic carbocycles. The van der Waals surface area contributed by atoms with Crippen LogP contribution in [0.2, 0.25) is 0 Å². The number of anilines is 1. The van der Waals surface area contributed by atoms with Crippen molar-refractivity contribution < 1.29 is 0 Å². The molecule has 104 valence electrons. The predicted octanol–water partition coefficient (Wildman–Crippen LogP) is 3.31. The van der Waals surface area contributed by atoms with Crippen LogP contribution in [0.15, 0.2) is 0 Å². The molecular weight excluding hydrogens is 274 g/mol. The first-order chi connectivity index (χ1) is 9.29. The third-order valence-corrected chi connectivity index (χ3v) is 6.97. The molecule has 0 saturated carbocycles. The first-order valence-electron chi connectivity index (χ1n) is 7.10. The topological polar surface area (TPSA) is 37.8 Å². The maximum absolute atomic E-state index is 4.91. The molecule has 0 bridgehead atoms. The molecule has 0 aromatic carbocycles. The number of nitrogens with one attached hydrogen (secondary N) is 1. The Labute approximate surface area is 123 Å². The van der Waals surface area contributed by atoms with Crippen LogP contribution in [0.5, 0.6) is 0 Å². The molecule has 19 heavy (non-hydrogen) atoms. The van der Waals surface area contributed by atoms with Gasteiger partial charge in [0.25, 0.3) is 0 Å². The first kappa shape index (κ1) is 13.6. The maximum Gasteiger partial charge on any atom is 0.145 e. The van der Waals surface area contributed by atoms with Gasteiger partial charge in [-0.2, -0.15) is 11.8 Å². The van der Waals surface area contributed by atoms with E-state index in [9.17, 15) is 0 Å². The zero-order valence-electron chi connectivity index (χ0n) is 11.6. The summed E-state index contributed by atoms with van der Waals surface area (Å²) in [6.45, 7) is 2.31. The van der Waals surface area contributed by atoms with E-state index in [1.54, 1.807) is 0 Å². The fourth-order valence-electron chi connectivity index (χ4n) is 2.86. The highest BCUT2D eigenvalue weighted by molar-refractivity contribution is 8.06. The van der Waals surface area contributed by atoms with Crippen LogP contribution in [0, 0.1) is 0 Å². The average Bonchev–Trinajstić information content (AvgIpc) is 2.46. The summed E-state index contributed by atoms with van der Waals surface area (Å²) < 4.78 is 0. The lowest BCUT2D eigenvalue weighted by atomic mass is 9.96. The zero-order valence-corrected chi connectivity index (χ0v) is 13.2. The average molecular weight is 295 g/mol. The Bertz CT molecular complexity index is 447. The Morgan fingerprint density at radius 3 is 2.68 bits per heavy atom. The molecule has 1 aromatic heterocycles. The second-order valence-electron chi connectivity index (χ2n) is 5.18. The van der Waals surface area contributed by atoms with Gasteiger partial charge in [0.15, 0.2) is 0 Å². The van der Waals surface area contributed by atoms with Crippen LogP contribution in [0.25, 0.3) is 0 Å². The van der Waals surface area contributed by atoms with Crippen LogP contribution in [0.3, 0.4) is 0 Å². The van der Waals surface area contributed by atoms with Crippen molar-refractivity contribution in [1.29, 1.82) is 0 Å². The Kier molecular flexibility index (Phi) is 4.22. The summed E-state index contributed by atoms with van der Waals surface area (Å²) in [4.78, 5) is 9.73. The molecule has 1 aliphatic heterocycles. The Morgan fingerprint density at radius 2 is 1.89 bits per heavy atom. The van der Waals surface area contributed by atoms with Crippen molar-refractivity contribution in [2.24, 2.45) is 0 Å². The molecule has 5 heteroatoms. The highest BCUT2D eigenvalue weighted by Crippen LogP contribution is 2.42. The number of fused-ring (bicyclic) bond motifs is 1. The highest BCUT2D eigenvalue weighted by atomic mass is 32.2. The number of nitrogens with zero attached hydrogens (tertiary/aromatic N) is 2. The van der Waals surface area contributed by atoms with Crippen molar-refractivity contribution >= 4 is 29.3 Å². The van der Waals surface area contributed by atoms with Gasteiger partial charge in [-0.05, 0) is 25.7 Å². The number of aromatic nitrogens is 2. The molecule has 3 nitrogen and oxygen atoms in total. The van der Waals surface area contributed by atoms with Gasteiger partial charge >= 0.3 is 0 Å². The Balaban J connectivity index is 1.97. The van der Waals surface area contributed by atoms with E-state index < -0.39 is 0 Å². The molecule has 3 rings (SSSR count). The second-order valence-corrected chi connectivity index (χ2v) is 7.91. The van der Waals surface area contributed by atoms with E-state index in [1.165, 1.54) is 35.6 Å². The number of thioether (sulfide) groups is 2. The van der Waals surface area contributed by atoms with E-state index >= 15 is 0 Å². The predicted molar refractivity (Wildman–Crippen MR) is 85.3 cm³/mol. The summed E-state index contributed by atoms with van der Waals surface area (Å²) in [6.07, 6.45) is 4.80. The first-order valence-corrected chi connectivity index (χ1v) is 9.20. The zero-order chi connectivity index (χ0) is 13.2. The highest BCUT2D eigenvalue weighted by Gasteiger charge is 2.28. The van der Waals surface area contributed by atoms with Gasteiger partial charge in [0.2, 0.25) is 0 Å². The van der Waals surface area contributed by atoms with Gasteiger partial charge in [0, 0.05) is 35.1 Å². The Morgan fingerprint density at radius 1 is 1.11 bits per heavy atom. The lowest BCUT2D eigenvalue weighted by Crippen LogP contribution is -2.21. The van der Waals surface area contributed by atoms with Crippen molar-refractivity contribution in [1.82, 2.24) is 9.97 Å². The van der Waals surface area contributed by atoms with Gasteiger partial charge in [0.05, 0.1) is 5.25 Å². The number of aryl methyl sites for hydroxylation is 1. The van der Waals surface area contributed by atoms with Crippen LogP contribution >= 0.6 is 23.5 Å². The van der Waals surface area contributed by atoms with Gasteiger partial charge < -0.3 is 5.32 Å². The van der Waals surface area contributed by atoms with Crippen LogP contribution in [0.4, 0.5) is 5.82 Å². The number of rotatable bonds is 2. The molecule has 1 aromatic rings. The molecule has 1 saturated heterocycles. The van der Waals surface area contributed by atoms with Crippen molar-refractivity contribution in [3.63, 3.8) is 0 Å². The molecule has 2 heterocycles. The van der Waals surface area contributed by atoms with Crippen molar-refractivity contribution in [3.8, 4) is 0 Å². The molecule has 2 atom stereocenters. The summed E-state index contributed by atoms with van der Waals surface area (Å²) in [7, 11) is 1.98. The van der Waals surface area contributed by atoms with E-state index in [2.05, 4.69) is 24.0 Å². The van der Waals surface area contributed by atoms with E-state index in [0.29, 0.717) is 10.5 Å². The van der Waals surface area contributed by atoms with Crippen LogP contribution < -0.4 is 5.32 Å². The second kappa shape index (κ2) is 5.92. The normalized spacial score (nSPS) is 26.8.